The molecule has 1 aliphatic heterocycles. The molecule has 1 aliphatic rings. The Kier molecular flexibility index (Phi) is 4.76. The average molecular weight is 357 g/mol. The van der Waals surface area contributed by atoms with E-state index in [9.17, 15) is 4.79 Å². The lowest BCUT2D eigenvalue weighted by atomic mass is 10.2. The van der Waals surface area contributed by atoms with Crippen molar-refractivity contribution < 1.29 is 14.3 Å². The van der Waals surface area contributed by atoms with E-state index < -0.39 is 5.60 Å². The third-order valence-corrected chi connectivity index (χ3v) is 3.51. The van der Waals surface area contributed by atoms with E-state index in [1.807, 2.05) is 39.8 Å². The minimum Gasteiger partial charge on any atom is -0.487 e. The number of amides is 1. The largest absolute Gasteiger partial charge is 0.487 e. The third-order valence-electron chi connectivity index (χ3n) is 3.06. The summed E-state index contributed by atoms with van der Waals surface area (Å²) in [6, 6.07) is 3.72. The standard InChI is InChI=1S/C15H21BrN2O3/c1-5-10-8-18(14(19)21-15(2,3)4)9-11-12(20-10)6-7-13(16)17-11/h6-7,10H,5,8-9H2,1-4H3/t10-/m1/s1. The zero-order chi connectivity index (χ0) is 15.6. The Bertz CT molecular complexity index is 528. The van der Waals surface area contributed by atoms with Gasteiger partial charge in [0.2, 0.25) is 0 Å². The molecule has 0 bridgehead atoms. The maximum atomic E-state index is 12.3. The third kappa shape index (κ3) is 4.33. The molecular weight excluding hydrogens is 336 g/mol. The van der Waals surface area contributed by atoms with E-state index in [4.69, 9.17) is 9.47 Å². The van der Waals surface area contributed by atoms with E-state index in [0.717, 1.165) is 22.5 Å². The van der Waals surface area contributed by atoms with Crippen molar-refractivity contribution >= 4 is 22.0 Å². The summed E-state index contributed by atoms with van der Waals surface area (Å²) in [5.74, 6) is 0.733. The van der Waals surface area contributed by atoms with Crippen LogP contribution in [0.4, 0.5) is 4.79 Å². The Morgan fingerprint density at radius 2 is 2.24 bits per heavy atom. The van der Waals surface area contributed by atoms with Gasteiger partial charge in [-0.15, -0.1) is 0 Å². The van der Waals surface area contributed by atoms with E-state index in [1.165, 1.54) is 0 Å². The van der Waals surface area contributed by atoms with Gasteiger partial charge in [-0.05, 0) is 55.3 Å². The number of ether oxygens (including phenoxy) is 2. The number of carbonyl (C=O) groups excluding carboxylic acids is 1. The number of hydrogen-bond donors (Lipinski definition) is 0. The smallest absolute Gasteiger partial charge is 0.410 e. The molecule has 1 amide bonds. The first-order valence-electron chi connectivity index (χ1n) is 7.08. The molecule has 6 heteroatoms. The molecule has 0 fully saturated rings. The van der Waals surface area contributed by atoms with Crippen molar-refractivity contribution in [1.29, 1.82) is 0 Å². The Morgan fingerprint density at radius 3 is 2.86 bits per heavy atom. The predicted octanol–water partition coefficient (Wildman–Crippen LogP) is 3.75. The lowest BCUT2D eigenvalue weighted by Gasteiger charge is -2.27. The van der Waals surface area contributed by atoms with Crippen LogP contribution in [0.5, 0.6) is 5.75 Å². The monoisotopic (exact) mass is 356 g/mol. The van der Waals surface area contributed by atoms with E-state index in [1.54, 1.807) is 4.90 Å². The fraction of sp³-hybridized carbons (Fsp3) is 0.600. The van der Waals surface area contributed by atoms with Gasteiger partial charge in [-0.1, -0.05) is 6.92 Å². The topological polar surface area (TPSA) is 51.7 Å². The van der Waals surface area contributed by atoms with E-state index in [2.05, 4.69) is 20.9 Å². The van der Waals surface area contributed by atoms with Gasteiger partial charge in [-0.25, -0.2) is 9.78 Å². The van der Waals surface area contributed by atoms with Crippen LogP contribution in [0.1, 0.15) is 39.8 Å². The Labute approximate surface area is 133 Å². The minimum absolute atomic E-state index is 0.0539. The molecule has 1 aromatic rings. The summed E-state index contributed by atoms with van der Waals surface area (Å²) in [6.07, 6.45) is 0.426. The quantitative estimate of drug-likeness (QED) is 0.719. The van der Waals surface area contributed by atoms with Crippen molar-refractivity contribution in [1.82, 2.24) is 9.88 Å². The molecule has 21 heavy (non-hydrogen) atoms. The van der Waals surface area contributed by atoms with Crippen LogP contribution in [-0.4, -0.2) is 34.2 Å². The molecule has 1 aromatic heterocycles. The van der Waals surface area contributed by atoms with E-state index in [0.29, 0.717) is 13.1 Å². The van der Waals surface area contributed by atoms with Gasteiger partial charge < -0.3 is 9.47 Å². The Hall–Kier alpha value is -1.30. The molecule has 0 aliphatic carbocycles. The molecule has 2 rings (SSSR count). The second-order valence-corrected chi connectivity index (χ2v) is 6.90. The van der Waals surface area contributed by atoms with Gasteiger partial charge in [0.25, 0.3) is 0 Å². The number of pyridine rings is 1. The Morgan fingerprint density at radius 1 is 1.52 bits per heavy atom. The zero-order valence-corrected chi connectivity index (χ0v) is 14.4. The fourth-order valence-electron chi connectivity index (χ4n) is 2.07. The summed E-state index contributed by atoms with van der Waals surface area (Å²) in [5.41, 5.74) is 0.227. The normalized spacial score (nSPS) is 18.5. The van der Waals surface area contributed by atoms with Crippen LogP contribution in [-0.2, 0) is 11.3 Å². The highest BCUT2D eigenvalue weighted by atomic mass is 79.9. The molecule has 0 saturated heterocycles. The van der Waals surface area contributed by atoms with Gasteiger partial charge in [-0.3, -0.25) is 4.90 Å². The van der Waals surface area contributed by atoms with E-state index in [-0.39, 0.29) is 12.2 Å². The fourth-order valence-corrected chi connectivity index (χ4v) is 2.41. The zero-order valence-electron chi connectivity index (χ0n) is 12.9. The number of halogens is 1. The molecule has 0 spiro atoms. The van der Waals surface area contributed by atoms with Gasteiger partial charge in [0, 0.05) is 0 Å². The maximum absolute atomic E-state index is 12.3. The van der Waals surface area contributed by atoms with Crippen molar-refractivity contribution in [3.8, 4) is 5.75 Å². The highest BCUT2D eigenvalue weighted by molar-refractivity contribution is 9.10. The lowest BCUT2D eigenvalue weighted by molar-refractivity contribution is 0.0176. The number of rotatable bonds is 1. The summed E-state index contributed by atoms with van der Waals surface area (Å²) in [4.78, 5) is 18.4. The van der Waals surface area contributed by atoms with Crippen LogP contribution >= 0.6 is 15.9 Å². The second-order valence-electron chi connectivity index (χ2n) is 6.09. The minimum atomic E-state index is -0.514. The molecule has 5 nitrogen and oxygen atoms in total. The average Bonchev–Trinajstić information content (AvgIpc) is 2.55. The first kappa shape index (κ1) is 16.1. The van der Waals surface area contributed by atoms with Crippen LogP contribution < -0.4 is 4.74 Å². The number of carbonyl (C=O) groups is 1. The number of aromatic nitrogens is 1. The van der Waals surface area contributed by atoms with E-state index >= 15 is 0 Å². The first-order chi connectivity index (χ1) is 9.78. The van der Waals surface area contributed by atoms with Crippen LogP contribution in [0.2, 0.25) is 0 Å². The van der Waals surface area contributed by atoms with Gasteiger partial charge in [0.05, 0.1) is 13.1 Å². The van der Waals surface area contributed by atoms with Crippen molar-refractivity contribution in [3.05, 3.63) is 22.4 Å². The van der Waals surface area contributed by atoms with Crippen molar-refractivity contribution in [2.75, 3.05) is 6.54 Å². The molecule has 116 valence electrons. The van der Waals surface area contributed by atoms with Crippen molar-refractivity contribution in [3.63, 3.8) is 0 Å². The predicted molar refractivity (Wildman–Crippen MR) is 83.3 cm³/mol. The van der Waals surface area contributed by atoms with Crippen molar-refractivity contribution in [2.45, 2.75) is 52.4 Å². The van der Waals surface area contributed by atoms with Crippen LogP contribution in [0.15, 0.2) is 16.7 Å². The van der Waals surface area contributed by atoms with Gasteiger partial charge in [-0.2, -0.15) is 0 Å². The highest BCUT2D eigenvalue weighted by Gasteiger charge is 2.29. The Balaban J connectivity index is 2.25. The lowest BCUT2D eigenvalue weighted by Crippen LogP contribution is -2.40. The molecule has 0 saturated carbocycles. The molecule has 0 radical (unpaired) electrons. The number of hydrogen-bond acceptors (Lipinski definition) is 4. The van der Waals surface area contributed by atoms with Crippen LogP contribution in [0, 0.1) is 0 Å². The van der Waals surface area contributed by atoms with Crippen LogP contribution in [0.25, 0.3) is 0 Å². The SMILES string of the molecule is CC[C@@H]1CN(C(=O)OC(C)(C)C)Cc2nc(Br)ccc2O1. The van der Waals surface area contributed by atoms with Crippen molar-refractivity contribution in [2.24, 2.45) is 0 Å². The summed E-state index contributed by atoms with van der Waals surface area (Å²) >= 11 is 3.35. The highest BCUT2D eigenvalue weighted by Crippen LogP contribution is 2.27. The number of nitrogens with zero attached hydrogens (tertiary/aromatic N) is 2. The molecule has 0 aromatic carbocycles. The van der Waals surface area contributed by atoms with Gasteiger partial charge >= 0.3 is 6.09 Å². The molecule has 0 unspecified atom stereocenters. The molecule has 1 atom stereocenters. The second kappa shape index (κ2) is 6.22. The summed E-state index contributed by atoms with van der Waals surface area (Å²) < 4.78 is 12.1. The summed E-state index contributed by atoms with van der Waals surface area (Å²) in [6.45, 7) is 8.51. The maximum Gasteiger partial charge on any atom is 0.410 e. The first-order valence-corrected chi connectivity index (χ1v) is 7.88. The molecular formula is C15H21BrN2O3. The number of fused-ring (bicyclic) bond motifs is 1. The molecule has 0 N–H and O–H groups in total. The molecule has 2 heterocycles. The summed E-state index contributed by atoms with van der Waals surface area (Å²) in [7, 11) is 0. The summed E-state index contributed by atoms with van der Waals surface area (Å²) in [5, 5.41) is 0. The van der Waals surface area contributed by atoms with Gasteiger partial charge in [0.1, 0.15) is 27.8 Å². The van der Waals surface area contributed by atoms with Crippen LogP contribution in [0.3, 0.4) is 0 Å². The van der Waals surface area contributed by atoms with Gasteiger partial charge in [0.15, 0.2) is 0 Å².